The average molecular weight is 283 g/mol. The SMILES string of the molecule is [2H]C1([2H])COCC([2H])([2H])C1([2H])n1ccc(B2OC(C)(C)C(C)(C)O2)n1. The van der Waals surface area contributed by atoms with E-state index in [2.05, 4.69) is 5.10 Å². The Morgan fingerprint density at radius 3 is 2.50 bits per heavy atom. The van der Waals surface area contributed by atoms with E-state index in [-0.39, 0.29) is 13.2 Å². The molecule has 2 saturated heterocycles. The second kappa shape index (κ2) is 4.86. The van der Waals surface area contributed by atoms with Crippen molar-refractivity contribution in [3.8, 4) is 0 Å². The number of rotatable bonds is 2. The largest absolute Gasteiger partial charge is 0.516 e. The van der Waals surface area contributed by atoms with E-state index in [4.69, 9.17) is 20.9 Å². The van der Waals surface area contributed by atoms with Gasteiger partial charge in [0.1, 0.15) is 0 Å². The van der Waals surface area contributed by atoms with Gasteiger partial charge in [-0.3, -0.25) is 4.68 Å². The van der Waals surface area contributed by atoms with Crippen molar-refractivity contribution < 1.29 is 20.9 Å². The highest BCUT2D eigenvalue weighted by Crippen LogP contribution is 2.36. The van der Waals surface area contributed by atoms with Gasteiger partial charge in [0.2, 0.25) is 0 Å². The first kappa shape index (κ1) is 9.23. The van der Waals surface area contributed by atoms with Gasteiger partial charge in [0, 0.05) is 24.9 Å². The summed E-state index contributed by atoms with van der Waals surface area (Å²) in [6.45, 7) is 6.89. The molecule has 3 rings (SSSR count). The van der Waals surface area contributed by atoms with Crippen LogP contribution in [0.15, 0.2) is 12.3 Å². The first-order chi connectivity index (χ1) is 11.2. The lowest BCUT2D eigenvalue weighted by Crippen LogP contribution is -2.41. The van der Waals surface area contributed by atoms with E-state index in [1.54, 1.807) is 6.07 Å². The Morgan fingerprint density at radius 1 is 1.30 bits per heavy atom. The molecule has 2 aliphatic rings. The van der Waals surface area contributed by atoms with Crippen LogP contribution in [-0.4, -0.2) is 41.3 Å². The van der Waals surface area contributed by atoms with Gasteiger partial charge in [-0.2, -0.15) is 5.10 Å². The summed E-state index contributed by atoms with van der Waals surface area (Å²) in [6.07, 6.45) is -3.11. The van der Waals surface area contributed by atoms with Crippen LogP contribution in [0.3, 0.4) is 0 Å². The minimum absolute atomic E-state index is 0.373. The van der Waals surface area contributed by atoms with E-state index in [0.29, 0.717) is 5.59 Å². The summed E-state index contributed by atoms with van der Waals surface area (Å²) in [6, 6.07) is -0.694. The average Bonchev–Trinajstić information content (AvgIpc) is 2.99. The molecule has 5 nitrogen and oxygen atoms in total. The summed E-state index contributed by atoms with van der Waals surface area (Å²) in [5, 5.41) is 4.25. The number of hydrogen-bond acceptors (Lipinski definition) is 4. The molecule has 0 N–H and O–H groups in total. The molecule has 0 amide bonds. The Kier molecular flexibility index (Phi) is 2.24. The zero-order valence-electron chi connectivity index (χ0n) is 17.3. The molecular weight excluding hydrogens is 255 g/mol. The van der Waals surface area contributed by atoms with Gasteiger partial charge >= 0.3 is 7.12 Å². The Balaban J connectivity index is 1.96. The Hall–Kier alpha value is -0.845. The summed E-state index contributed by atoms with van der Waals surface area (Å²) < 4.78 is 58.9. The van der Waals surface area contributed by atoms with Crippen molar-refractivity contribution in [2.45, 2.75) is 57.7 Å². The first-order valence-electron chi connectivity index (χ1n) is 9.23. The van der Waals surface area contributed by atoms with Crippen molar-refractivity contribution in [1.29, 1.82) is 0 Å². The highest BCUT2D eigenvalue weighted by molar-refractivity contribution is 6.61. The third-order valence-electron chi connectivity index (χ3n) is 4.02. The van der Waals surface area contributed by atoms with Crippen molar-refractivity contribution in [3.05, 3.63) is 12.3 Å². The minimum atomic E-state index is -2.26. The molecule has 110 valence electrons. The molecule has 0 aliphatic carbocycles. The number of nitrogens with zero attached hydrogens (tertiary/aromatic N) is 2. The van der Waals surface area contributed by atoms with Crippen LogP contribution < -0.4 is 5.59 Å². The van der Waals surface area contributed by atoms with E-state index >= 15 is 0 Å². The molecular formula is C14H23BN2O3. The van der Waals surface area contributed by atoms with Gasteiger partial charge in [0.25, 0.3) is 0 Å². The maximum Gasteiger partial charge on any atom is 0.516 e. The van der Waals surface area contributed by atoms with Crippen molar-refractivity contribution in [3.63, 3.8) is 0 Å². The lowest BCUT2D eigenvalue weighted by Gasteiger charge is -2.32. The van der Waals surface area contributed by atoms with Crippen LogP contribution in [0.25, 0.3) is 0 Å². The maximum absolute atomic E-state index is 8.60. The first-order valence-corrected chi connectivity index (χ1v) is 6.73. The lowest BCUT2D eigenvalue weighted by atomic mass is 9.85. The van der Waals surface area contributed by atoms with Crippen molar-refractivity contribution >= 4 is 12.7 Å². The van der Waals surface area contributed by atoms with Crippen LogP contribution in [0.5, 0.6) is 0 Å². The molecule has 0 bridgehead atoms. The van der Waals surface area contributed by atoms with Crippen molar-refractivity contribution in [2.75, 3.05) is 13.2 Å². The summed E-state index contributed by atoms with van der Waals surface area (Å²) in [5.41, 5.74) is -0.729. The van der Waals surface area contributed by atoms with Gasteiger partial charge in [-0.25, -0.2) is 0 Å². The Bertz CT molecular complexity index is 647. The summed E-state index contributed by atoms with van der Waals surface area (Å²) >= 11 is 0. The van der Waals surface area contributed by atoms with Crippen LogP contribution in [0.4, 0.5) is 0 Å². The van der Waals surface area contributed by atoms with Gasteiger partial charge in [-0.15, -0.1) is 0 Å². The molecule has 2 aliphatic heterocycles. The number of ether oxygens (including phenoxy) is 1. The van der Waals surface area contributed by atoms with Crippen LogP contribution >= 0.6 is 0 Å². The van der Waals surface area contributed by atoms with E-state index in [0.717, 1.165) is 4.68 Å². The number of aromatic nitrogens is 2. The van der Waals surface area contributed by atoms with E-state index in [1.165, 1.54) is 6.20 Å². The van der Waals surface area contributed by atoms with E-state index < -0.39 is 37.1 Å². The minimum Gasteiger partial charge on any atom is -0.398 e. The van der Waals surface area contributed by atoms with Gasteiger partial charge < -0.3 is 14.0 Å². The third kappa shape index (κ3) is 2.40. The topological polar surface area (TPSA) is 45.5 Å². The van der Waals surface area contributed by atoms with Crippen LogP contribution in [0.2, 0.25) is 0 Å². The molecule has 3 heterocycles. The molecule has 0 atom stereocenters. The monoisotopic (exact) mass is 283 g/mol. The summed E-state index contributed by atoms with van der Waals surface area (Å²) in [5.74, 6) is 0. The van der Waals surface area contributed by atoms with Gasteiger partial charge in [-0.1, -0.05) is 0 Å². The maximum atomic E-state index is 8.60. The molecule has 0 saturated carbocycles. The van der Waals surface area contributed by atoms with Gasteiger partial charge in [0.15, 0.2) is 0 Å². The molecule has 6 heteroatoms. The molecule has 1 aromatic rings. The fourth-order valence-electron chi connectivity index (χ4n) is 2.07. The van der Waals surface area contributed by atoms with E-state index in [9.17, 15) is 0 Å². The normalized spacial score (nSPS) is 36.4. The predicted molar refractivity (Wildman–Crippen MR) is 77.0 cm³/mol. The second-order valence-corrected chi connectivity index (χ2v) is 5.97. The van der Waals surface area contributed by atoms with Crippen LogP contribution in [0, 0.1) is 0 Å². The highest BCUT2D eigenvalue weighted by Gasteiger charge is 2.52. The standard InChI is InChI=1S/C14H23BN2O3/c1-13(2)14(3,4)20-15(19-13)12-5-8-17(16-12)11-6-9-18-10-7-11/h5,8,11H,6-7,9-10H2,1-4H3/i6D2,7D2,11D. The molecule has 0 aromatic carbocycles. The van der Waals surface area contributed by atoms with Gasteiger partial charge in [0.05, 0.1) is 24.2 Å². The molecule has 20 heavy (non-hydrogen) atoms. The molecule has 0 unspecified atom stereocenters. The molecule has 0 radical (unpaired) electrons. The second-order valence-electron chi connectivity index (χ2n) is 5.97. The zero-order valence-corrected chi connectivity index (χ0v) is 12.3. The van der Waals surface area contributed by atoms with E-state index in [1.807, 2.05) is 27.7 Å². The predicted octanol–water partition coefficient (Wildman–Crippen LogP) is 1.53. The fraction of sp³-hybridized carbons (Fsp3) is 0.786. The molecule has 1 aromatic heterocycles. The van der Waals surface area contributed by atoms with Crippen molar-refractivity contribution in [2.24, 2.45) is 0 Å². The smallest absolute Gasteiger partial charge is 0.398 e. The molecule has 0 spiro atoms. The Morgan fingerprint density at radius 2 is 1.90 bits per heavy atom. The van der Waals surface area contributed by atoms with Crippen molar-refractivity contribution in [1.82, 2.24) is 9.78 Å². The van der Waals surface area contributed by atoms with Crippen LogP contribution in [-0.2, 0) is 14.0 Å². The quantitative estimate of drug-likeness (QED) is 0.772. The highest BCUT2D eigenvalue weighted by atomic mass is 16.7. The summed E-state index contributed by atoms with van der Waals surface area (Å²) in [4.78, 5) is 0. The van der Waals surface area contributed by atoms with Crippen LogP contribution in [0.1, 0.15) is 53.3 Å². The molecule has 2 fully saturated rings. The third-order valence-corrected chi connectivity index (χ3v) is 4.02. The fourth-order valence-corrected chi connectivity index (χ4v) is 2.07. The zero-order chi connectivity index (χ0) is 18.9. The Labute approximate surface area is 127 Å². The lowest BCUT2D eigenvalue weighted by molar-refractivity contribution is 0.00578. The summed E-state index contributed by atoms with van der Waals surface area (Å²) in [7, 11) is -0.758. The number of hydrogen-bond donors (Lipinski definition) is 0. The van der Waals surface area contributed by atoms with Gasteiger partial charge in [-0.05, 0) is 46.5 Å².